The molecular weight excluding hydrogens is 416 g/mol. The number of hydrogen-bond acceptors (Lipinski definition) is 4. The topological polar surface area (TPSA) is 82.9 Å². The van der Waals surface area contributed by atoms with Crippen LogP contribution in [0, 0.1) is 0 Å². The normalized spacial score (nSPS) is 14.8. The van der Waals surface area contributed by atoms with Crippen LogP contribution in [0.15, 0.2) is 60.1 Å². The van der Waals surface area contributed by atoms with Gasteiger partial charge in [-0.15, -0.1) is 11.3 Å². The van der Waals surface area contributed by atoms with E-state index in [1.54, 1.807) is 11.3 Å². The largest absolute Gasteiger partial charge is 0.366 e. The Morgan fingerprint density at radius 2 is 1.94 bits per heavy atom. The molecule has 6 heteroatoms. The van der Waals surface area contributed by atoms with Gasteiger partial charge in [0.05, 0.1) is 11.1 Å². The fourth-order valence-electron chi connectivity index (χ4n) is 4.69. The third-order valence-electron chi connectivity index (χ3n) is 6.33. The minimum atomic E-state index is -0.399. The fraction of sp³-hybridized carbons (Fsp3) is 0.269. The maximum atomic E-state index is 12.3. The van der Waals surface area contributed by atoms with Gasteiger partial charge >= 0.3 is 0 Å². The molecule has 5 rings (SSSR count). The van der Waals surface area contributed by atoms with Crippen LogP contribution in [0.4, 0.5) is 0 Å². The van der Waals surface area contributed by atoms with E-state index in [1.807, 2.05) is 6.07 Å². The maximum Gasteiger partial charge on any atom is 0.250 e. The highest BCUT2D eigenvalue weighted by atomic mass is 32.1. The van der Waals surface area contributed by atoms with Crippen LogP contribution in [0.25, 0.3) is 22.0 Å². The Hall–Kier alpha value is -2.93. The summed E-state index contributed by atoms with van der Waals surface area (Å²) >= 11 is 1.76. The number of rotatable bonds is 7. The van der Waals surface area contributed by atoms with Gasteiger partial charge in [-0.25, -0.2) is 0 Å². The number of carbonyl (C=O) groups excluding carboxylic acids is 1. The van der Waals surface area contributed by atoms with Gasteiger partial charge in [0.2, 0.25) is 0 Å². The number of H-pyrrole nitrogens is 1. The highest BCUT2D eigenvalue weighted by molar-refractivity contribution is 7.09. The molecule has 5 N–H and O–H groups in total. The smallest absolute Gasteiger partial charge is 0.250 e. The van der Waals surface area contributed by atoms with Gasteiger partial charge in [0.15, 0.2) is 0 Å². The molecule has 0 spiro atoms. The minimum Gasteiger partial charge on any atom is -0.366 e. The van der Waals surface area contributed by atoms with E-state index in [9.17, 15) is 4.79 Å². The molecule has 1 saturated heterocycles. The Bertz CT molecular complexity index is 1220. The van der Waals surface area contributed by atoms with Gasteiger partial charge in [0, 0.05) is 29.5 Å². The summed E-state index contributed by atoms with van der Waals surface area (Å²) in [5.74, 6) is 0.0955. The molecule has 32 heavy (non-hydrogen) atoms. The number of hydrogen-bond donors (Lipinski definition) is 4. The molecule has 2 aromatic carbocycles. The van der Waals surface area contributed by atoms with Gasteiger partial charge < -0.3 is 21.4 Å². The van der Waals surface area contributed by atoms with E-state index in [2.05, 4.69) is 69.7 Å². The summed E-state index contributed by atoms with van der Waals surface area (Å²) in [4.78, 5) is 17.0. The van der Waals surface area contributed by atoms with Gasteiger partial charge in [-0.1, -0.05) is 24.3 Å². The molecule has 0 radical (unpaired) electrons. The number of nitrogens with two attached hydrogens (primary N) is 1. The molecule has 4 aromatic rings. The van der Waals surface area contributed by atoms with Crippen LogP contribution in [-0.2, 0) is 13.1 Å². The van der Waals surface area contributed by atoms with E-state index in [0.29, 0.717) is 11.5 Å². The summed E-state index contributed by atoms with van der Waals surface area (Å²) < 4.78 is 0. The van der Waals surface area contributed by atoms with Crippen LogP contribution in [0.2, 0.25) is 0 Å². The van der Waals surface area contributed by atoms with Crippen LogP contribution < -0.4 is 16.4 Å². The van der Waals surface area contributed by atoms with Gasteiger partial charge in [0.1, 0.15) is 0 Å². The van der Waals surface area contributed by atoms with Crippen molar-refractivity contribution in [3.05, 3.63) is 81.7 Å². The Morgan fingerprint density at radius 3 is 2.72 bits per heavy atom. The van der Waals surface area contributed by atoms with Crippen molar-refractivity contribution < 1.29 is 4.79 Å². The lowest BCUT2D eigenvalue weighted by Crippen LogP contribution is -2.26. The first-order chi connectivity index (χ1) is 15.7. The Labute approximate surface area is 192 Å². The highest BCUT2D eigenvalue weighted by Gasteiger charge is 2.21. The second kappa shape index (κ2) is 9.28. The van der Waals surface area contributed by atoms with Crippen molar-refractivity contribution in [2.24, 2.45) is 5.73 Å². The molecule has 0 unspecified atom stereocenters. The van der Waals surface area contributed by atoms with Crippen molar-refractivity contribution in [3.8, 4) is 11.1 Å². The lowest BCUT2D eigenvalue weighted by molar-refractivity contribution is 0.100. The summed E-state index contributed by atoms with van der Waals surface area (Å²) in [6.07, 6.45) is 4.28. The molecule has 1 amide bonds. The maximum absolute atomic E-state index is 12.3. The Morgan fingerprint density at radius 1 is 1.06 bits per heavy atom. The monoisotopic (exact) mass is 444 g/mol. The first kappa shape index (κ1) is 20.9. The third kappa shape index (κ3) is 4.35. The van der Waals surface area contributed by atoms with E-state index in [0.717, 1.165) is 61.1 Å². The number of aromatic amines is 1. The van der Waals surface area contributed by atoms with Crippen molar-refractivity contribution >= 4 is 28.1 Å². The van der Waals surface area contributed by atoms with Gasteiger partial charge in [-0.05, 0) is 83.7 Å². The van der Waals surface area contributed by atoms with Gasteiger partial charge in [-0.3, -0.25) is 4.79 Å². The number of fused-ring (bicyclic) bond motifs is 1. The zero-order valence-corrected chi connectivity index (χ0v) is 18.8. The van der Waals surface area contributed by atoms with Crippen molar-refractivity contribution in [1.29, 1.82) is 0 Å². The molecule has 1 aliphatic heterocycles. The number of thiophene rings is 1. The predicted octanol–water partition coefficient (Wildman–Crippen LogP) is 4.75. The Kier molecular flexibility index (Phi) is 6.08. The molecule has 0 saturated carbocycles. The van der Waals surface area contributed by atoms with Gasteiger partial charge in [-0.2, -0.15) is 0 Å². The van der Waals surface area contributed by atoms with Crippen LogP contribution in [0.5, 0.6) is 0 Å². The summed E-state index contributed by atoms with van der Waals surface area (Å²) in [6.45, 7) is 3.71. The van der Waals surface area contributed by atoms with Crippen molar-refractivity contribution in [2.45, 2.75) is 31.8 Å². The Balaban J connectivity index is 1.47. The molecule has 1 aliphatic rings. The van der Waals surface area contributed by atoms with E-state index in [1.165, 1.54) is 16.0 Å². The SMILES string of the molecule is NC(=O)c1cc(-c2cccc(CNCc3cccs3)c2)cc2c(C3CCNCC3)c[nH]c12. The summed E-state index contributed by atoms with van der Waals surface area (Å²) in [7, 11) is 0. The average molecular weight is 445 g/mol. The van der Waals surface area contributed by atoms with E-state index < -0.39 is 5.91 Å². The molecule has 2 aromatic heterocycles. The molecule has 0 bridgehead atoms. The third-order valence-corrected chi connectivity index (χ3v) is 7.21. The second-order valence-corrected chi connectivity index (χ2v) is 9.49. The zero-order valence-electron chi connectivity index (χ0n) is 18.0. The first-order valence-electron chi connectivity index (χ1n) is 11.2. The van der Waals surface area contributed by atoms with E-state index in [-0.39, 0.29) is 0 Å². The van der Waals surface area contributed by atoms with Crippen molar-refractivity contribution in [1.82, 2.24) is 15.6 Å². The molecule has 1 fully saturated rings. The number of benzene rings is 2. The highest BCUT2D eigenvalue weighted by Crippen LogP contribution is 2.35. The van der Waals surface area contributed by atoms with Crippen LogP contribution in [0.1, 0.15) is 45.1 Å². The van der Waals surface area contributed by atoms with Crippen LogP contribution >= 0.6 is 11.3 Å². The number of aromatic nitrogens is 1. The van der Waals surface area contributed by atoms with E-state index >= 15 is 0 Å². The second-order valence-electron chi connectivity index (χ2n) is 8.46. The van der Waals surface area contributed by atoms with Crippen LogP contribution in [-0.4, -0.2) is 24.0 Å². The summed E-state index contributed by atoms with van der Waals surface area (Å²) in [5, 5.41) is 10.2. The summed E-state index contributed by atoms with van der Waals surface area (Å²) in [6, 6.07) is 16.9. The molecule has 0 aliphatic carbocycles. The quantitative estimate of drug-likeness (QED) is 0.332. The average Bonchev–Trinajstić information content (AvgIpc) is 3.49. The molecule has 3 heterocycles. The number of carbonyl (C=O) groups is 1. The lowest BCUT2D eigenvalue weighted by atomic mass is 9.88. The predicted molar refractivity (Wildman–Crippen MR) is 132 cm³/mol. The molecule has 0 atom stereocenters. The van der Waals surface area contributed by atoms with Crippen molar-refractivity contribution in [3.63, 3.8) is 0 Å². The minimum absolute atomic E-state index is 0.399. The van der Waals surface area contributed by atoms with E-state index in [4.69, 9.17) is 5.73 Å². The number of nitrogens with one attached hydrogen (secondary N) is 3. The number of piperidine rings is 1. The molecule has 5 nitrogen and oxygen atoms in total. The first-order valence-corrected chi connectivity index (χ1v) is 12.0. The van der Waals surface area contributed by atoms with Crippen molar-refractivity contribution in [2.75, 3.05) is 13.1 Å². The zero-order chi connectivity index (χ0) is 21.9. The summed E-state index contributed by atoms with van der Waals surface area (Å²) in [5.41, 5.74) is 11.8. The fourth-order valence-corrected chi connectivity index (χ4v) is 5.36. The van der Waals surface area contributed by atoms with Crippen LogP contribution in [0.3, 0.4) is 0 Å². The number of primary amides is 1. The molecule has 164 valence electrons. The standard InChI is InChI=1S/C26H28N4OS/c27-26(31)23-13-20(12-22-24(16-30-25(22)23)18-6-8-28-9-7-18)19-4-1-3-17(11-19)14-29-15-21-5-2-10-32-21/h1-5,10-13,16,18,28-30H,6-9,14-15H2,(H2,27,31). The van der Waals surface area contributed by atoms with Gasteiger partial charge in [0.25, 0.3) is 5.91 Å². The number of amides is 1. The lowest BCUT2D eigenvalue weighted by Gasteiger charge is -2.22. The molecular formula is C26H28N4OS.